The second-order valence-electron chi connectivity index (χ2n) is 4.89. The fourth-order valence-corrected chi connectivity index (χ4v) is 2.60. The van der Waals surface area contributed by atoms with Gasteiger partial charge in [0.15, 0.2) is 5.78 Å². The van der Waals surface area contributed by atoms with Crippen LogP contribution in [0.5, 0.6) is 0 Å². The SMILES string of the molecule is COC(=O)C1(C(=O)c2ccc3nc[nH]c3c2)CCC1. The maximum Gasteiger partial charge on any atom is 0.319 e. The van der Waals surface area contributed by atoms with Crippen LogP contribution in [0.15, 0.2) is 24.5 Å². The lowest BCUT2D eigenvalue weighted by Crippen LogP contribution is -2.45. The van der Waals surface area contributed by atoms with Crippen molar-refractivity contribution in [1.29, 1.82) is 0 Å². The van der Waals surface area contributed by atoms with E-state index in [4.69, 9.17) is 4.74 Å². The first-order valence-electron chi connectivity index (χ1n) is 6.24. The molecule has 1 N–H and O–H groups in total. The maximum atomic E-state index is 12.6. The van der Waals surface area contributed by atoms with Gasteiger partial charge >= 0.3 is 5.97 Å². The van der Waals surface area contributed by atoms with E-state index in [1.54, 1.807) is 24.5 Å². The van der Waals surface area contributed by atoms with E-state index in [2.05, 4.69) is 9.97 Å². The van der Waals surface area contributed by atoms with Gasteiger partial charge in [-0.05, 0) is 31.0 Å². The minimum Gasteiger partial charge on any atom is -0.468 e. The highest BCUT2D eigenvalue weighted by Crippen LogP contribution is 2.44. The van der Waals surface area contributed by atoms with Crippen molar-refractivity contribution in [3.05, 3.63) is 30.1 Å². The third-order valence-electron chi connectivity index (χ3n) is 3.90. The number of aromatic amines is 1. The molecule has 0 spiro atoms. The molecule has 0 atom stereocenters. The quantitative estimate of drug-likeness (QED) is 0.520. The van der Waals surface area contributed by atoms with Crippen LogP contribution in [0.25, 0.3) is 11.0 Å². The Morgan fingerprint density at radius 2 is 2.16 bits per heavy atom. The Hall–Kier alpha value is -2.17. The molecule has 1 aliphatic carbocycles. The molecule has 19 heavy (non-hydrogen) atoms. The summed E-state index contributed by atoms with van der Waals surface area (Å²) >= 11 is 0. The zero-order chi connectivity index (χ0) is 13.5. The van der Waals surface area contributed by atoms with Crippen molar-refractivity contribution < 1.29 is 14.3 Å². The van der Waals surface area contributed by atoms with E-state index in [-0.39, 0.29) is 5.78 Å². The fraction of sp³-hybridized carbons (Fsp3) is 0.357. The van der Waals surface area contributed by atoms with Crippen LogP contribution in [0, 0.1) is 5.41 Å². The molecular weight excluding hydrogens is 244 g/mol. The summed E-state index contributed by atoms with van der Waals surface area (Å²) in [6.07, 6.45) is 3.60. The lowest BCUT2D eigenvalue weighted by atomic mass is 9.64. The van der Waals surface area contributed by atoms with Gasteiger partial charge in [0.25, 0.3) is 0 Å². The average Bonchev–Trinajstić information content (AvgIpc) is 2.84. The van der Waals surface area contributed by atoms with E-state index < -0.39 is 11.4 Å². The Balaban J connectivity index is 2.00. The van der Waals surface area contributed by atoms with Crippen LogP contribution in [-0.4, -0.2) is 28.8 Å². The predicted molar refractivity (Wildman–Crippen MR) is 68.7 cm³/mol. The highest BCUT2D eigenvalue weighted by molar-refractivity contribution is 6.14. The van der Waals surface area contributed by atoms with Crippen LogP contribution in [-0.2, 0) is 9.53 Å². The number of rotatable bonds is 3. The molecule has 5 nitrogen and oxygen atoms in total. The van der Waals surface area contributed by atoms with Crippen molar-refractivity contribution in [1.82, 2.24) is 9.97 Å². The van der Waals surface area contributed by atoms with Gasteiger partial charge in [-0.1, -0.05) is 6.42 Å². The van der Waals surface area contributed by atoms with Crippen LogP contribution in [0.1, 0.15) is 29.6 Å². The fourth-order valence-electron chi connectivity index (χ4n) is 2.60. The lowest BCUT2D eigenvalue weighted by molar-refractivity contribution is -0.153. The molecule has 0 saturated heterocycles. The first kappa shape index (κ1) is 11.9. The van der Waals surface area contributed by atoms with Crippen molar-refractivity contribution in [3.63, 3.8) is 0 Å². The minimum absolute atomic E-state index is 0.151. The van der Waals surface area contributed by atoms with Gasteiger partial charge in [-0.25, -0.2) is 4.98 Å². The largest absolute Gasteiger partial charge is 0.468 e. The number of aromatic nitrogens is 2. The Kier molecular flexibility index (Phi) is 2.62. The third kappa shape index (κ3) is 1.65. The topological polar surface area (TPSA) is 72.1 Å². The smallest absolute Gasteiger partial charge is 0.319 e. The standard InChI is InChI=1S/C14H14N2O3/c1-19-13(18)14(5-2-6-14)12(17)9-3-4-10-11(7-9)16-8-15-10/h3-4,7-8H,2,5-6H2,1H3,(H,15,16). The van der Waals surface area contributed by atoms with E-state index in [9.17, 15) is 9.59 Å². The number of ketones is 1. The Labute approximate surface area is 110 Å². The van der Waals surface area contributed by atoms with Gasteiger partial charge in [-0.3, -0.25) is 9.59 Å². The highest BCUT2D eigenvalue weighted by Gasteiger charge is 2.51. The van der Waals surface area contributed by atoms with Gasteiger partial charge in [-0.2, -0.15) is 0 Å². The molecule has 0 unspecified atom stereocenters. The normalized spacial score (nSPS) is 16.9. The molecule has 98 valence electrons. The van der Waals surface area contributed by atoms with Crippen molar-refractivity contribution in [2.24, 2.45) is 5.41 Å². The number of imidazole rings is 1. The molecule has 0 radical (unpaired) electrons. The van der Waals surface area contributed by atoms with Crippen molar-refractivity contribution in [3.8, 4) is 0 Å². The predicted octanol–water partition coefficient (Wildman–Crippen LogP) is 2.09. The van der Waals surface area contributed by atoms with Gasteiger partial charge in [-0.15, -0.1) is 0 Å². The van der Waals surface area contributed by atoms with Crippen LogP contribution in [0.4, 0.5) is 0 Å². The van der Waals surface area contributed by atoms with Gasteiger partial charge in [0.2, 0.25) is 0 Å². The van der Waals surface area contributed by atoms with E-state index in [1.807, 2.05) is 0 Å². The number of carbonyl (C=O) groups excluding carboxylic acids is 2. The second-order valence-corrected chi connectivity index (χ2v) is 4.89. The number of carbonyl (C=O) groups is 2. The van der Waals surface area contributed by atoms with E-state index in [0.717, 1.165) is 17.5 Å². The van der Waals surface area contributed by atoms with Gasteiger partial charge in [0.1, 0.15) is 5.41 Å². The summed E-state index contributed by atoms with van der Waals surface area (Å²) in [5.41, 5.74) is 1.16. The number of nitrogens with one attached hydrogen (secondary N) is 1. The lowest BCUT2D eigenvalue weighted by Gasteiger charge is -2.37. The minimum atomic E-state index is -0.970. The summed E-state index contributed by atoms with van der Waals surface area (Å²) in [4.78, 5) is 31.5. The number of Topliss-reactive ketones (excluding diaryl/α,β-unsaturated/α-hetero) is 1. The number of fused-ring (bicyclic) bond motifs is 1. The van der Waals surface area contributed by atoms with E-state index >= 15 is 0 Å². The molecule has 0 amide bonds. The molecule has 1 aromatic carbocycles. The van der Waals surface area contributed by atoms with Gasteiger partial charge in [0.05, 0.1) is 24.5 Å². The molecule has 1 aromatic heterocycles. The van der Waals surface area contributed by atoms with E-state index in [1.165, 1.54) is 7.11 Å². The molecule has 5 heteroatoms. The number of hydrogen-bond donors (Lipinski definition) is 1. The number of H-pyrrole nitrogens is 1. The molecule has 1 heterocycles. The monoisotopic (exact) mass is 258 g/mol. The number of esters is 1. The van der Waals surface area contributed by atoms with Crippen LogP contribution in [0.3, 0.4) is 0 Å². The van der Waals surface area contributed by atoms with Gasteiger partial charge in [0, 0.05) is 5.56 Å². The molecule has 1 fully saturated rings. The highest BCUT2D eigenvalue weighted by atomic mass is 16.5. The van der Waals surface area contributed by atoms with Crippen molar-refractivity contribution >= 4 is 22.8 Å². The maximum absolute atomic E-state index is 12.6. The summed E-state index contributed by atoms with van der Waals surface area (Å²) in [5, 5.41) is 0. The first-order chi connectivity index (χ1) is 9.17. The zero-order valence-electron chi connectivity index (χ0n) is 10.6. The second kappa shape index (κ2) is 4.19. The molecule has 2 aromatic rings. The van der Waals surface area contributed by atoms with E-state index in [0.29, 0.717) is 18.4 Å². The Morgan fingerprint density at radius 3 is 2.79 bits per heavy atom. The zero-order valence-corrected chi connectivity index (χ0v) is 10.6. The molecule has 0 aliphatic heterocycles. The number of methoxy groups -OCH3 is 1. The van der Waals surface area contributed by atoms with Gasteiger partial charge < -0.3 is 9.72 Å². The summed E-state index contributed by atoms with van der Waals surface area (Å²) in [6.45, 7) is 0. The summed E-state index contributed by atoms with van der Waals surface area (Å²) < 4.78 is 4.79. The summed E-state index contributed by atoms with van der Waals surface area (Å²) in [5.74, 6) is -0.574. The van der Waals surface area contributed by atoms with Crippen LogP contribution >= 0.6 is 0 Å². The van der Waals surface area contributed by atoms with Crippen LogP contribution < -0.4 is 0 Å². The molecule has 1 aliphatic rings. The number of ether oxygens (including phenoxy) is 1. The third-order valence-corrected chi connectivity index (χ3v) is 3.90. The molecule has 3 rings (SSSR count). The number of nitrogens with zero attached hydrogens (tertiary/aromatic N) is 1. The Bertz CT molecular complexity index is 656. The molecule has 1 saturated carbocycles. The average molecular weight is 258 g/mol. The number of benzene rings is 1. The Morgan fingerprint density at radius 1 is 1.37 bits per heavy atom. The summed E-state index contributed by atoms with van der Waals surface area (Å²) in [7, 11) is 1.33. The van der Waals surface area contributed by atoms with Crippen LogP contribution in [0.2, 0.25) is 0 Å². The number of hydrogen-bond acceptors (Lipinski definition) is 4. The molecular formula is C14H14N2O3. The van der Waals surface area contributed by atoms with Crippen molar-refractivity contribution in [2.75, 3.05) is 7.11 Å². The van der Waals surface area contributed by atoms with Crippen molar-refractivity contribution in [2.45, 2.75) is 19.3 Å². The molecule has 0 bridgehead atoms. The first-order valence-corrected chi connectivity index (χ1v) is 6.24. The summed E-state index contributed by atoms with van der Waals surface area (Å²) in [6, 6.07) is 5.24.